The quantitative estimate of drug-likeness (QED) is 0.541. The van der Waals surface area contributed by atoms with Crippen LogP contribution in [0.15, 0.2) is 18.2 Å². The molecule has 18 heavy (non-hydrogen) atoms. The molecule has 1 rings (SSSR count). The van der Waals surface area contributed by atoms with Crippen molar-refractivity contribution in [3.05, 3.63) is 23.8 Å². The van der Waals surface area contributed by atoms with Gasteiger partial charge in [0.15, 0.2) is 6.29 Å². The van der Waals surface area contributed by atoms with E-state index in [-0.39, 0.29) is 6.61 Å². The van der Waals surface area contributed by atoms with Gasteiger partial charge in [-0.25, -0.2) is 0 Å². The first-order valence-electron chi connectivity index (χ1n) is 6.27. The molecule has 0 saturated heterocycles. The lowest BCUT2D eigenvalue weighted by Gasteiger charge is -2.11. The highest BCUT2D eigenvalue weighted by atomic mass is 16.5. The van der Waals surface area contributed by atoms with Crippen LogP contribution in [0.1, 0.15) is 36.5 Å². The van der Waals surface area contributed by atoms with Crippen molar-refractivity contribution < 1.29 is 19.4 Å². The predicted octanol–water partition coefficient (Wildman–Crippen LogP) is 2.44. The molecular formula is C14H20O4. The molecule has 0 fully saturated rings. The molecule has 0 spiro atoms. The van der Waals surface area contributed by atoms with E-state index in [1.165, 1.54) is 0 Å². The van der Waals surface area contributed by atoms with Crippen LogP contribution in [0.5, 0.6) is 11.5 Å². The number of benzene rings is 1. The van der Waals surface area contributed by atoms with Crippen LogP contribution in [0.2, 0.25) is 0 Å². The summed E-state index contributed by atoms with van der Waals surface area (Å²) in [6.45, 7) is 3.32. The number of hydrogen-bond acceptors (Lipinski definition) is 4. The van der Waals surface area contributed by atoms with Crippen LogP contribution >= 0.6 is 0 Å². The van der Waals surface area contributed by atoms with Crippen LogP contribution in [0.4, 0.5) is 0 Å². The Kier molecular flexibility index (Phi) is 6.87. The molecule has 100 valence electrons. The maximum absolute atomic E-state index is 10.9. The first-order chi connectivity index (χ1) is 8.81. The van der Waals surface area contributed by atoms with Gasteiger partial charge in [-0.3, -0.25) is 4.79 Å². The molecule has 0 aliphatic heterocycles. The van der Waals surface area contributed by atoms with Crippen molar-refractivity contribution >= 4 is 6.29 Å². The van der Waals surface area contributed by atoms with Gasteiger partial charge in [0.05, 0.1) is 18.8 Å². The number of aldehydes is 1. The average Bonchev–Trinajstić information content (AvgIpc) is 2.41. The largest absolute Gasteiger partial charge is 0.493 e. The molecule has 1 aromatic rings. The maximum atomic E-state index is 10.9. The van der Waals surface area contributed by atoms with Crippen LogP contribution in [0, 0.1) is 0 Å². The Bertz CT molecular complexity index is 363. The minimum absolute atomic E-state index is 0.156. The maximum Gasteiger partial charge on any atom is 0.153 e. The molecule has 0 saturated carbocycles. The number of aliphatic hydroxyl groups is 1. The Labute approximate surface area is 108 Å². The van der Waals surface area contributed by atoms with Crippen molar-refractivity contribution in [2.45, 2.75) is 26.2 Å². The number of carbonyl (C=O) groups is 1. The van der Waals surface area contributed by atoms with Gasteiger partial charge in [0.2, 0.25) is 0 Å². The van der Waals surface area contributed by atoms with Crippen molar-refractivity contribution in [3.8, 4) is 11.5 Å². The van der Waals surface area contributed by atoms with Crippen LogP contribution in [-0.4, -0.2) is 31.2 Å². The summed E-state index contributed by atoms with van der Waals surface area (Å²) in [5.41, 5.74) is 0.517. The standard InChI is InChI=1S/C14H20O4/c1-2-8-17-13-6-5-12(11-16)14(10-13)18-9-4-3-7-15/h5-6,10-11,15H,2-4,7-9H2,1H3. The van der Waals surface area contributed by atoms with E-state index >= 15 is 0 Å². The number of aliphatic hydroxyl groups excluding tert-OH is 1. The Morgan fingerprint density at radius 3 is 2.72 bits per heavy atom. The average molecular weight is 252 g/mol. The van der Waals surface area contributed by atoms with E-state index in [0.29, 0.717) is 36.7 Å². The number of rotatable bonds is 9. The fraction of sp³-hybridized carbons (Fsp3) is 0.500. The van der Waals surface area contributed by atoms with Crippen molar-refractivity contribution in [2.24, 2.45) is 0 Å². The van der Waals surface area contributed by atoms with Crippen LogP contribution in [0.25, 0.3) is 0 Å². The van der Waals surface area contributed by atoms with Crippen LogP contribution in [-0.2, 0) is 0 Å². The van der Waals surface area contributed by atoms with E-state index in [9.17, 15) is 4.79 Å². The minimum Gasteiger partial charge on any atom is -0.493 e. The third-order valence-corrected chi connectivity index (χ3v) is 2.39. The van der Waals surface area contributed by atoms with Crippen molar-refractivity contribution in [2.75, 3.05) is 19.8 Å². The van der Waals surface area contributed by atoms with Crippen molar-refractivity contribution in [1.29, 1.82) is 0 Å². The fourth-order valence-corrected chi connectivity index (χ4v) is 1.44. The Balaban J connectivity index is 2.63. The second kappa shape index (κ2) is 8.53. The highest BCUT2D eigenvalue weighted by Crippen LogP contribution is 2.24. The van der Waals surface area contributed by atoms with Gasteiger partial charge in [0.1, 0.15) is 11.5 Å². The third kappa shape index (κ3) is 4.75. The number of unbranched alkanes of at least 4 members (excludes halogenated alkanes) is 1. The SMILES string of the molecule is CCCOc1ccc(C=O)c(OCCCCO)c1. The van der Waals surface area contributed by atoms with E-state index < -0.39 is 0 Å². The molecule has 4 nitrogen and oxygen atoms in total. The molecule has 0 aromatic heterocycles. The second-order valence-electron chi connectivity index (χ2n) is 3.95. The fourth-order valence-electron chi connectivity index (χ4n) is 1.44. The second-order valence-corrected chi connectivity index (χ2v) is 3.95. The molecule has 1 N–H and O–H groups in total. The summed E-state index contributed by atoms with van der Waals surface area (Å²) < 4.78 is 11.0. The molecule has 0 aliphatic rings. The zero-order chi connectivity index (χ0) is 13.2. The zero-order valence-corrected chi connectivity index (χ0v) is 10.7. The lowest BCUT2D eigenvalue weighted by Crippen LogP contribution is -2.02. The summed E-state index contributed by atoms with van der Waals surface area (Å²) >= 11 is 0. The van der Waals surface area contributed by atoms with E-state index in [2.05, 4.69) is 0 Å². The lowest BCUT2D eigenvalue weighted by atomic mass is 10.2. The summed E-state index contributed by atoms with van der Waals surface area (Å²) in [6.07, 6.45) is 3.16. The predicted molar refractivity (Wildman–Crippen MR) is 69.4 cm³/mol. The molecule has 0 amide bonds. The summed E-state index contributed by atoms with van der Waals surface area (Å²) in [5, 5.41) is 8.67. The molecule has 0 radical (unpaired) electrons. The molecule has 0 heterocycles. The molecule has 0 bridgehead atoms. The molecule has 0 aliphatic carbocycles. The molecule has 0 atom stereocenters. The first kappa shape index (κ1) is 14.5. The van der Waals surface area contributed by atoms with E-state index in [1.54, 1.807) is 18.2 Å². The first-order valence-corrected chi connectivity index (χ1v) is 6.27. The normalized spacial score (nSPS) is 10.1. The van der Waals surface area contributed by atoms with Gasteiger partial charge < -0.3 is 14.6 Å². The van der Waals surface area contributed by atoms with Gasteiger partial charge >= 0.3 is 0 Å². The zero-order valence-electron chi connectivity index (χ0n) is 10.7. The molecule has 1 aromatic carbocycles. The smallest absolute Gasteiger partial charge is 0.153 e. The monoisotopic (exact) mass is 252 g/mol. The van der Waals surface area contributed by atoms with Gasteiger partial charge in [0, 0.05) is 12.7 Å². The van der Waals surface area contributed by atoms with E-state index in [4.69, 9.17) is 14.6 Å². The van der Waals surface area contributed by atoms with Crippen molar-refractivity contribution in [1.82, 2.24) is 0 Å². The Morgan fingerprint density at radius 2 is 2.06 bits per heavy atom. The van der Waals surface area contributed by atoms with E-state index in [0.717, 1.165) is 19.1 Å². The number of carbonyl (C=O) groups excluding carboxylic acids is 1. The van der Waals surface area contributed by atoms with Crippen LogP contribution < -0.4 is 9.47 Å². The van der Waals surface area contributed by atoms with Gasteiger partial charge in [0.25, 0.3) is 0 Å². The van der Waals surface area contributed by atoms with Gasteiger partial charge in [-0.2, -0.15) is 0 Å². The Hall–Kier alpha value is -1.55. The van der Waals surface area contributed by atoms with E-state index in [1.807, 2.05) is 6.92 Å². The highest BCUT2D eigenvalue weighted by molar-refractivity contribution is 5.79. The third-order valence-electron chi connectivity index (χ3n) is 2.39. The van der Waals surface area contributed by atoms with Gasteiger partial charge in [-0.15, -0.1) is 0 Å². The number of hydrogen-bond donors (Lipinski definition) is 1. The minimum atomic E-state index is 0.156. The summed E-state index contributed by atoms with van der Waals surface area (Å²) in [5.74, 6) is 1.25. The van der Waals surface area contributed by atoms with Gasteiger partial charge in [-0.1, -0.05) is 6.92 Å². The molecule has 4 heteroatoms. The topological polar surface area (TPSA) is 55.8 Å². The molecule has 0 unspecified atom stereocenters. The Morgan fingerprint density at radius 1 is 1.22 bits per heavy atom. The summed E-state index contributed by atoms with van der Waals surface area (Å²) in [7, 11) is 0. The molecular weight excluding hydrogens is 232 g/mol. The van der Waals surface area contributed by atoms with Gasteiger partial charge in [-0.05, 0) is 31.4 Å². The van der Waals surface area contributed by atoms with Crippen molar-refractivity contribution in [3.63, 3.8) is 0 Å². The summed E-state index contributed by atoms with van der Waals surface area (Å²) in [6, 6.07) is 5.19. The lowest BCUT2D eigenvalue weighted by molar-refractivity contribution is 0.111. The summed E-state index contributed by atoms with van der Waals surface area (Å²) in [4.78, 5) is 10.9. The number of ether oxygens (including phenoxy) is 2. The highest BCUT2D eigenvalue weighted by Gasteiger charge is 2.05. The van der Waals surface area contributed by atoms with Crippen LogP contribution in [0.3, 0.4) is 0 Å².